The zero-order valence-corrected chi connectivity index (χ0v) is 26.7. The first-order chi connectivity index (χ1) is 21.6. The van der Waals surface area contributed by atoms with Gasteiger partial charge in [0.25, 0.3) is 11.8 Å². The van der Waals surface area contributed by atoms with E-state index in [2.05, 4.69) is 16.9 Å². The van der Waals surface area contributed by atoms with Crippen molar-refractivity contribution in [1.29, 1.82) is 0 Å². The zero-order chi connectivity index (χ0) is 31.7. The van der Waals surface area contributed by atoms with Gasteiger partial charge in [0, 0.05) is 60.4 Å². The van der Waals surface area contributed by atoms with E-state index >= 15 is 0 Å². The summed E-state index contributed by atoms with van der Waals surface area (Å²) in [4.78, 5) is 43.4. The lowest BCUT2D eigenvalue weighted by molar-refractivity contribution is -0.145. The number of aryl methyl sites for hydroxylation is 1. The average Bonchev–Trinajstić information content (AvgIpc) is 3.72. The van der Waals surface area contributed by atoms with Crippen molar-refractivity contribution in [2.45, 2.75) is 56.7 Å². The highest BCUT2D eigenvalue weighted by atomic mass is 28.4. The summed E-state index contributed by atoms with van der Waals surface area (Å²) in [7, 11) is -2.87. The third-order valence-electron chi connectivity index (χ3n) is 9.69. The average molecular weight is 624 g/mol. The van der Waals surface area contributed by atoms with Gasteiger partial charge in [-0.1, -0.05) is 42.5 Å². The highest BCUT2D eigenvalue weighted by Crippen LogP contribution is 2.60. The monoisotopic (exact) mass is 623 g/mol. The number of hydrogen-bond donors (Lipinski definition) is 2. The predicted octanol–water partition coefficient (Wildman–Crippen LogP) is 4.68. The van der Waals surface area contributed by atoms with Crippen molar-refractivity contribution in [3.05, 3.63) is 90.3 Å². The molecule has 1 fully saturated rings. The van der Waals surface area contributed by atoms with Gasteiger partial charge in [0.1, 0.15) is 0 Å². The standard InChI is InChI=1S/C34H37N5O5Si/c1-5-16-38-27-13-12-24(39-28-11-7-9-22-8-6-10-25(30(22)28)32(39)41)19-26(27)34(33(38)42)21(2)31(45(3,4)43)29(44-34)14-17-37-20-23(15-18-40)35-36-37/h5-13,19-21,29,31,40,43H,1,14-18H2,2-4H3/t21-,29+,31-,34+/m1/s1. The molecule has 2 N–H and O–H groups in total. The fourth-order valence-electron chi connectivity index (χ4n) is 7.89. The molecule has 0 radical (unpaired) electrons. The van der Waals surface area contributed by atoms with E-state index < -0.39 is 20.0 Å². The minimum atomic E-state index is -2.87. The smallest absolute Gasteiger partial charge is 0.264 e. The highest BCUT2D eigenvalue weighted by Gasteiger charge is 2.66. The van der Waals surface area contributed by atoms with Gasteiger partial charge < -0.3 is 19.5 Å². The Kier molecular flexibility index (Phi) is 7.04. The maximum Gasteiger partial charge on any atom is 0.264 e. The molecule has 0 unspecified atom stereocenters. The normalized spacial score (nSPS) is 24.0. The van der Waals surface area contributed by atoms with Crippen molar-refractivity contribution in [1.82, 2.24) is 15.0 Å². The largest absolute Gasteiger partial charge is 0.432 e. The van der Waals surface area contributed by atoms with Crippen molar-refractivity contribution < 1.29 is 24.2 Å². The van der Waals surface area contributed by atoms with Gasteiger partial charge in [-0.15, -0.1) is 11.7 Å². The van der Waals surface area contributed by atoms with Crippen LogP contribution in [0.15, 0.2) is 73.4 Å². The number of carbonyl (C=O) groups excluding carboxylic acids is 2. The van der Waals surface area contributed by atoms with Crippen LogP contribution in [0.4, 0.5) is 17.1 Å². The number of hydrogen-bond acceptors (Lipinski definition) is 7. The Hall–Kier alpha value is -4.16. The molecule has 1 saturated heterocycles. The van der Waals surface area contributed by atoms with Crippen molar-refractivity contribution in [2.75, 3.05) is 23.0 Å². The van der Waals surface area contributed by atoms with E-state index in [1.807, 2.05) is 74.6 Å². The first kappa shape index (κ1) is 29.5. The summed E-state index contributed by atoms with van der Waals surface area (Å²) in [6.45, 7) is 10.5. The Balaban J connectivity index is 1.31. The molecule has 10 nitrogen and oxygen atoms in total. The van der Waals surface area contributed by atoms with Crippen LogP contribution in [0, 0.1) is 5.92 Å². The van der Waals surface area contributed by atoms with Crippen LogP contribution in [-0.2, 0) is 28.1 Å². The summed E-state index contributed by atoms with van der Waals surface area (Å²) in [5.41, 5.74) is 2.64. The van der Waals surface area contributed by atoms with Crippen LogP contribution < -0.4 is 9.80 Å². The topological polar surface area (TPSA) is 121 Å². The molecular weight excluding hydrogens is 586 g/mol. The summed E-state index contributed by atoms with van der Waals surface area (Å²) in [6, 6.07) is 17.4. The molecule has 3 aliphatic rings. The van der Waals surface area contributed by atoms with E-state index in [9.17, 15) is 19.5 Å². The molecule has 3 aromatic carbocycles. The van der Waals surface area contributed by atoms with Crippen molar-refractivity contribution >= 4 is 48.0 Å². The van der Waals surface area contributed by atoms with Crippen LogP contribution >= 0.6 is 0 Å². The lowest BCUT2D eigenvalue weighted by Crippen LogP contribution is -2.46. The Bertz CT molecular complexity index is 1840. The second-order valence-corrected chi connectivity index (χ2v) is 16.8. The lowest BCUT2D eigenvalue weighted by atomic mass is 9.82. The summed E-state index contributed by atoms with van der Waals surface area (Å²) in [5.74, 6) is -0.644. The molecule has 0 bridgehead atoms. The number of benzene rings is 3. The molecule has 7 rings (SSSR count). The van der Waals surface area contributed by atoms with E-state index in [1.165, 1.54) is 0 Å². The molecule has 2 amide bonds. The Morgan fingerprint density at radius 2 is 1.89 bits per heavy atom. The van der Waals surface area contributed by atoms with Gasteiger partial charge in [-0.05, 0) is 55.2 Å². The second kappa shape index (κ2) is 10.7. The quantitative estimate of drug-likeness (QED) is 0.205. The van der Waals surface area contributed by atoms with E-state index in [0.717, 1.165) is 22.1 Å². The van der Waals surface area contributed by atoms with Gasteiger partial charge in [0.15, 0.2) is 13.9 Å². The van der Waals surface area contributed by atoms with Gasteiger partial charge in [-0.25, -0.2) is 0 Å². The number of carbonyl (C=O) groups is 2. The van der Waals surface area contributed by atoms with E-state index in [-0.39, 0.29) is 29.9 Å². The van der Waals surface area contributed by atoms with Crippen LogP contribution in [0.25, 0.3) is 10.8 Å². The number of aliphatic hydroxyl groups excluding tert-OH is 1. The number of fused-ring (bicyclic) bond motifs is 2. The first-order valence-corrected chi connectivity index (χ1v) is 18.5. The molecule has 11 heteroatoms. The van der Waals surface area contributed by atoms with Crippen LogP contribution in [-0.4, -0.2) is 64.3 Å². The van der Waals surface area contributed by atoms with Crippen molar-refractivity contribution in [3.8, 4) is 0 Å². The molecule has 4 heterocycles. The molecule has 4 atom stereocenters. The van der Waals surface area contributed by atoms with Gasteiger partial charge in [-0.2, -0.15) is 0 Å². The Morgan fingerprint density at radius 1 is 1.11 bits per heavy atom. The summed E-state index contributed by atoms with van der Waals surface area (Å²) < 4.78 is 8.68. The fraction of sp³-hybridized carbons (Fsp3) is 0.353. The van der Waals surface area contributed by atoms with Crippen LogP contribution in [0.3, 0.4) is 0 Å². The molecule has 1 aromatic heterocycles. The molecule has 4 aromatic rings. The van der Waals surface area contributed by atoms with Gasteiger partial charge in [0.05, 0.1) is 28.7 Å². The number of amides is 2. The molecule has 0 aliphatic carbocycles. The number of ether oxygens (including phenoxy) is 1. The fourth-order valence-corrected chi connectivity index (χ4v) is 10.5. The number of aromatic nitrogens is 3. The summed E-state index contributed by atoms with van der Waals surface area (Å²) in [5, 5.41) is 19.5. The lowest BCUT2D eigenvalue weighted by Gasteiger charge is -2.32. The molecule has 1 spiro atoms. The maximum absolute atomic E-state index is 14.5. The molecular formula is C34H37N5O5Si. The minimum absolute atomic E-state index is 0.00812. The van der Waals surface area contributed by atoms with Crippen LogP contribution in [0.1, 0.15) is 35.0 Å². The van der Waals surface area contributed by atoms with Crippen molar-refractivity contribution in [2.24, 2.45) is 5.92 Å². The maximum atomic E-state index is 14.5. The minimum Gasteiger partial charge on any atom is -0.432 e. The molecule has 3 aliphatic heterocycles. The van der Waals surface area contributed by atoms with Gasteiger partial charge >= 0.3 is 0 Å². The van der Waals surface area contributed by atoms with Gasteiger partial charge in [0.2, 0.25) is 0 Å². The third kappa shape index (κ3) is 4.40. The SMILES string of the molecule is C=CCN1C(=O)[C@@]2(O[C@@H](CCn3cc(CCO)nn3)[C@H]([Si](C)(C)O)[C@H]2C)c2cc(N3C(=O)c4cccc5cccc3c45)ccc21. The predicted molar refractivity (Wildman–Crippen MR) is 174 cm³/mol. The first-order valence-electron chi connectivity index (χ1n) is 15.4. The number of anilines is 3. The summed E-state index contributed by atoms with van der Waals surface area (Å²) >= 11 is 0. The van der Waals surface area contributed by atoms with E-state index in [1.54, 1.807) is 26.8 Å². The molecule has 232 valence electrons. The highest BCUT2D eigenvalue weighted by molar-refractivity contribution is 6.71. The Labute approximate surface area is 262 Å². The van der Waals surface area contributed by atoms with Crippen LogP contribution in [0.5, 0.6) is 0 Å². The van der Waals surface area contributed by atoms with Gasteiger partial charge in [-0.3, -0.25) is 19.2 Å². The second-order valence-electron chi connectivity index (χ2n) is 12.8. The number of rotatable bonds is 9. The van der Waals surface area contributed by atoms with E-state index in [4.69, 9.17) is 4.74 Å². The molecule has 0 saturated carbocycles. The number of nitrogens with zero attached hydrogens (tertiary/aromatic N) is 5. The summed E-state index contributed by atoms with van der Waals surface area (Å²) in [6.07, 6.45) is 4.02. The third-order valence-corrected chi connectivity index (χ3v) is 12.2. The van der Waals surface area contributed by atoms with E-state index in [0.29, 0.717) is 48.4 Å². The number of aliphatic hydroxyl groups is 1. The Morgan fingerprint density at radius 3 is 2.62 bits per heavy atom. The van der Waals surface area contributed by atoms with Crippen molar-refractivity contribution in [3.63, 3.8) is 0 Å². The van der Waals surface area contributed by atoms with Crippen LogP contribution in [0.2, 0.25) is 18.6 Å². The zero-order valence-electron chi connectivity index (χ0n) is 25.7. The molecule has 45 heavy (non-hydrogen) atoms.